The Morgan fingerprint density at radius 2 is 1.81 bits per heavy atom. The van der Waals surface area contributed by atoms with E-state index < -0.39 is 0 Å². The number of benzene rings is 1. The molecule has 3 rings (SSSR count). The van der Waals surface area contributed by atoms with Gasteiger partial charge in [0.05, 0.1) is 5.52 Å². The zero-order valence-electron chi connectivity index (χ0n) is 11.9. The number of pyridine rings is 2. The Bertz CT molecular complexity index is 763. The molecule has 0 spiro atoms. The van der Waals surface area contributed by atoms with Crippen molar-refractivity contribution >= 4 is 16.7 Å². The zero-order chi connectivity index (χ0) is 14.7. The Kier molecular flexibility index (Phi) is 3.73. The first-order valence-electron chi connectivity index (χ1n) is 7.03. The van der Waals surface area contributed by atoms with Gasteiger partial charge in [0.1, 0.15) is 0 Å². The number of hydrogen-bond donors (Lipinski definition) is 0. The normalized spacial score (nSPS) is 12.2. The molecule has 0 fully saturated rings. The Hall–Kier alpha value is -2.55. The van der Waals surface area contributed by atoms with E-state index >= 15 is 0 Å². The van der Waals surface area contributed by atoms with Crippen LogP contribution in [0.25, 0.3) is 10.9 Å². The Morgan fingerprint density at radius 3 is 2.62 bits per heavy atom. The Morgan fingerprint density at radius 1 is 1.00 bits per heavy atom. The highest BCUT2D eigenvalue weighted by Crippen LogP contribution is 2.22. The maximum absolute atomic E-state index is 12.6. The average Bonchev–Trinajstić information content (AvgIpc) is 2.55. The molecule has 1 aromatic carbocycles. The van der Waals surface area contributed by atoms with E-state index in [-0.39, 0.29) is 11.7 Å². The van der Waals surface area contributed by atoms with Gasteiger partial charge >= 0.3 is 0 Å². The molecule has 3 aromatic rings. The highest BCUT2D eigenvalue weighted by Gasteiger charge is 2.16. The third kappa shape index (κ3) is 2.82. The van der Waals surface area contributed by atoms with Gasteiger partial charge < -0.3 is 0 Å². The summed E-state index contributed by atoms with van der Waals surface area (Å²) in [6, 6.07) is 15.4. The van der Waals surface area contributed by atoms with Crippen LogP contribution in [0.2, 0.25) is 0 Å². The van der Waals surface area contributed by atoms with Crippen LogP contribution in [-0.4, -0.2) is 15.8 Å². The van der Waals surface area contributed by atoms with Crippen LogP contribution >= 0.6 is 0 Å². The minimum atomic E-state index is 0.0951. The number of fused-ring (bicyclic) bond motifs is 1. The Labute approximate surface area is 123 Å². The van der Waals surface area contributed by atoms with Gasteiger partial charge in [-0.3, -0.25) is 14.8 Å². The van der Waals surface area contributed by atoms with Gasteiger partial charge in [-0.1, -0.05) is 31.2 Å². The van der Waals surface area contributed by atoms with Crippen LogP contribution in [0.3, 0.4) is 0 Å². The predicted octanol–water partition coefficient (Wildman–Crippen LogP) is 4.01. The summed E-state index contributed by atoms with van der Waals surface area (Å²) in [5.74, 6) is 0.204. The van der Waals surface area contributed by atoms with Crippen LogP contribution in [0.4, 0.5) is 0 Å². The van der Waals surface area contributed by atoms with Crippen molar-refractivity contribution in [2.24, 2.45) is 0 Å². The first-order valence-corrected chi connectivity index (χ1v) is 7.03. The number of nitrogens with zero attached hydrogens (tertiary/aromatic N) is 2. The molecule has 0 aliphatic carbocycles. The van der Waals surface area contributed by atoms with Gasteiger partial charge in [0.2, 0.25) is 0 Å². The molecule has 1 atom stereocenters. The summed E-state index contributed by atoms with van der Waals surface area (Å²) in [4.78, 5) is 21.2. The predicted molar refractivity (Wildman–Crippen MR) is 83.3 cm³/mol. The number of para-hydroxylation sites is 1. The van der Waals surface area contributed by atoms with Gasteiger partial charge in [0.25, 0.3) is 0 Å². The van der Waals surface area contributed by atoms with Crippen LogP contribution in [0, 0.1) is 0 Å². The summed E-state index contributed by atoms with van der Waals surface area (Å²) in [7, 11) is 0. The van der Waals surface area contributed by atoms with Gasteiger partial charge in [-0.15, -0.1) is 0 Å². The molecule has 0 N–H and O–H groups in total. The first kappa shape index (κ1) is 13.4. The second-order valence-electron chi connectivity index (χ2n) is 5.16. The molecule has 2 heterocycles. The largest absolute Gasteiger partial charge is 0.294 e. The molecule has 0 aliphatic rings. The molecule has 0 amide bonds. The summed E-state index contributed by atoms with van der Waals surface area (Å²) in [6.45, 7) is 2.03. The highest BCUT2D eigenvalue weighted by atomic mass is 16.1. The third-order valence-corrected chi connectivity index (χ3v) is 3.62. The van der Waals surface area contributed by atoms with Gasteiger partial charge in [-0.2, -0.15) is 0 Å². The van der Waals surface area contributed by atoms with Gasteiger partial charge in [0, 0.05) is 41.4 Å². The van der Waals surface area contributed by atoms with E-state index in [1.54, 1.807) is 12.4 Å². The lowest BCUT2D eigenvalue weighted by molar-refractivity contribution is 0.0976. The first-order chi connectivity index (χ1) is 10.3. The minimum absolute atomic E-state index is 0.0951. The van der Waals surface area contributed by atoms with Crippen LogP contribution < -0.4 is 0 Å². The quantitative estimate of drug-likeness (QED) is 0.676. The summed E-state index contributed by atoms with van der Waals surface area (Å²) in [6.07, 6.45) is 3.92. The summed E-state index contributed by atoms with van der Waals surface area (Å²) >= 11 is 0. The van der Waals surface area contributed by atoms with E-state index in [2.05, 4.69) is 9.97 Å². The van der Waals surface area contributed by atoms with Crippen molar-refractivity contribution in [3.05, 3.63) is 72.2 Å². The van der Waals surface area contributed by atoms with E-state index in [1.165, 1.54) is 0 Å². The molecule has 0 saturated carbocycles. The van der Waals surface area contributed by atoms with Gasteiger partial charge in [-0.05, 0) is 24.3 Å². The fourth-order valence-corrected chi connectivity index (χ4v) is 2.49. The molecule has 1 unspecified atom stereocenters. The lowest BCUT2D eigenvalue weighted by atomic mass is 9.95. The number of ketones is 1. The van der Waals surface area contributed by atoms with E-state index in [1.807, 2.05) is 55.5 Å². The smallest absolute Gasteiger partial charge is 0.165 e. The van der Waals surface area contributed by atoms with E-state index in [0.717, 1.165) is 16.6 Å². The molecule has 0 aliphatic heterocycles. The molecular formula is C18H16N2O. The molecule has 0 radical (unpaired) electrons. The second-order valence-corrected chi connectivity index (χ2v) is 5.16. The van der Waals surface area contributed by atoms with Crippen LogP contribution in [0.1, 0.15) is 35.3 Å². The maximum Gasteiger partial charge on any atom is 0.165 e. The molecule has 3 heteroatoms. The maximum atomic E-state index is 12.6. The van der Waals surface area contributed by atoms with Gasteiger partial charge in [-0.25, -0.2) is 0 Å². The minimum Gasteiger partial charge on any atom is -0.294 e. The molecule has 104 valence electrons. The summed E-state index contributed by atoms with van der Waals surface area (Å²) in [5.41, 5.74) is 2.41. The van der Waals surface area contributed by atoms with Crippen molar-refractivity contribution in [2.45, 2.75) is 19.3 Å². The van der Waals surface area contributed by atoms with Crippen molar-refractivity contribution in [1.29, 1.82) is 0 Å². The summed E-state index contributed by atoms with van der Waals surface area (Å²) < 4.78 is 0. The molecular weight excluding hydrogens is 260 g/mol. The van der Waals surface area contributed by atoms with Crippen molar-refractivity contribution < 1.29 is 4.79 Å². The second kappa shape index (κ2) is 5.83. The monoisotopic (exact) mass is 276 g/mol. The van der Waals surface area contributed by atoms with Crippen LogP contribution in [0.15, 0.2) is 60.9 Å². The van der Waals surface area contributed by atoms with Gasteiger partial charge in [0.15, 0.2) is 5.78 Å². The Balaban J connectivity index is 1.88. The topological polar surface area (TPSA) is 42.9 Å². The number of carbonyl (C=O) groups is 1. The van der Waals surface area contributed by atoms with Crippen molar-refractivity contribution in [3.63, 3.8) is 0 Å². The molecule has 0 bridgehead atoms. The van der Waals surface area contributed by atoms with E-state index in [9.17, 15) is 4.79 Å². The third-order valence-electron chi connectivity index (χ3n) is 3.62. The molecule has 2 aromatic heterocycles. The lowest BCUT2D eigenvalue weighted by Crippen LogP contribution is -2.07. The SMILES string of the molecule is CC(CC(=O)c1cccc2cccnc12)c1ccccn1. The number of hydrogen-bond acceptors (Lipinski definition) is 3. The molecule has 0 saturated heterocycles. The van der Waals surface area contributed by atoms with Crippen LogP contribution in [0.5, 0.6) is 0 Å². The standard InChI is InChI=1S/C18H16N2O/c1-13(16-9-2-3-10-19-16)12-17(21)15-8-4-6-14-7-5-11-20-18(14)15/h2-11,13H,12H2,1H3. The average molecular weight is 276 g/mol. The zero-order valence-corrected chi connectivity index (χ0v) is 11.9. The summed E-state index contributed by atoms with van der Waals surface area (Å²) in [5, 5.41) is 0.994. The number of aromatic nitrogens is 2. The van der Waals surface area contributed by atoms with E-state index in [4.69, 9.17) is 0 Å². The molecule has 21 heavy (non-hydrogen) atoms. The lowest BCUT2D eigenvalue weighted by Gasteiger charge is -2.11. The number of carbonyl (C=O) groups excluding carboxylic acids is 1. The molecule has 3 nitrogen and oxygen atoms in total. The van der Waals surface area contributed by atoms with Crippen molar-refractivity contribution in [2.75, 3.05) is 0 Å². The highest BCUT2D eigenvalue weighted by molar-refractivity contribution is 6.06. The van der Waals surface area contributed by atoms with E-state index in [0.29, 0.717) is 12.0 Å². The number of Topliss-reactive ketones (excluding diaryl/α,β-unsaturated/α-hetero) is 1. The fourth-order valence-electron chi connectivity index (χ4n) is 2.49. The van der Waals surface area contributed by atoms with Crippen molar-refractivity contribution in [3.8, 4) is 0 Å². The van der Waals surface area contributed by atoms with Crippen molar-refractivity contribution in [1.82, 2.24) is 9.97 Å². The number of rotatable bonds is 4. The fraction of sp³-hybridized carbons (Fsp3) is 0.167. The van der Waals surface area contributed by atoms with Crippen LogP contribution in [-0.2, 0) is 0 Å².